The molecule has 11 heteroatoms. The molecule has 0 aliphatic heterocycles. The highest BCUT2D eigenvalue weighted by Crippen LogP contribution is 2.42. The molecule has 0 saturated heterocycles. The Hall–Kier alpha value is -3.42. The molecule has 8 nitrogen and oxygen atoms in total. The summed E-state index contributed by atoms with van der Waals surface area (Å²) in [4.78, 5) is 15.7. The van der Waals surface area contributed by atoms with E-state index in [1.54, 1.807) is 20.8 Å². The summed E-state index contributed by atoms with van der Waals surface area (Å²) in [5.74, 6) is -0.932. The molecule has 0 fully saturated rings. The van der Waals surface area contributed by atoms with E-state index < -0.39 is 33.5 Å². The van der Waals surface area contributed by atoms with E-state index in [2.05, 4.69) is 10.3 Å². The van der Waals surface area contributed by atoms with E-state index in [-0.39, 0.29) is 32.4 Å². The second-order valence-electron chi connectivity index (χ2n) is 8.43. The van der Waals surface area contributed by atoms with Crippen LogP contribution >= 0.6 is 11.6 Å². The van der Waals surface area contributed by atoms with Crippen LogP contribution in [0.2, 0.25) is 5.15 Å². The lowest BCUT2D eigenvalue weighted by molar-refractivity contribution is 0.0294. The van der Waals surface area contributed by atoms with E-state index in [0.717, 1.165) is 10.2 Å². The third-order valence-electron chi connectivity index (χ3n) is 4.97. The summed E-state index contributed by atoms with van der Waals surface area (Å²) >= 11 is 6.21. The number of amides is 1. The summed E-state index contributed by atoms with van der Waals surface area (Å²) < 4.78 is 49.5. The molecule has 1 N–H and O–H groups in total. The third kappa shape index (κ3) is 4.76. The van der Waals surface area contributed by atoms with Gasteiger partial charge in [-0.1, -0.05) is 38.4 Å². The van der Waals surface area contributed by atoms with Gasteiger partial charge in [0.1, 0.15) is 17.0 Å². The third-order valence-corrected chi connectivity index (χ3v) is 6.93. The second kappa shape index (κ2) is 9.44. The van der Waals surface area contributed by atoms with Crippen molar-refractivity contribution in [1.29, 1.82) is 5.26 Å². The van der Waals surface area contributed by atoms with E-state index in [1.165, 1.54) is 49.6 Å². The molecule has 1 unspecified atom stereocenters. The predicted octanol–water partition coefficient (Wildman–Crippen LogP) is 4.89. The van der Waals surface area contributed by atoms with E-state index in [1.807, 2.05) is 6.07 Å². The molecule has 3 rings (SSSR count). The molecule has 2 heterocycles. The molecule has 1 aromatic carbocycles. The van der Waals surface area contributed by atoms with Crippen LogP contribution in [0.5, 0.6) is 0 Å². The van der Waals surface area contributed by atoms with Crippen LogP contribution < -0.4 is 5.32 Å². The summed E-state index contributed by atoms with van der Waals surface area (Å²) in [6, 6.07) is 10.1. The van der Waals surface area contributed by atoms with Crippen LogP contribution in [-0.2, 0) is 14.8 Å². The van der Waals surface area contributed by atoms with Crippen LogP contribution in [0.4, 0.5) is 9.18 Å². The number of carbonyl (C=O) groups excluding carboxylic acids is 1. The summed E-state index contributed by atoms with van der Waals surface area (Å²) in [7, 11) is -3.04. The van der Waals surface area contributed by atoms with E-state index in [9.17, 15) is 18.5 Å². The van der Waals surface area contributed by atoms with Crippen molar-refractivity contribution < 1.29 is 22.3 Å². The number of nitrogens with zero attached hydrogens (tertiary/aromatic N) is 3. The van der Waals surface area contributed by atoms with E-state index in [0.29, 0.717) is 0 Å². The van der Waals surface area contributed by atoms with Gasteiger partial charge in [0.15, 0.2) is 5.82 Å². The fraction of sp³-hybridized carbons (Fsp3) is 0.261. The molecule has 1 atom stereocenters. The first-order valence-corrected chi connectivity index (χ1v) is 11.9. The largest absolute Gasteiger partial charge is 0.441 e. The molecule has 178 valence electrons. The van der Waals surface area contributed by atoms with Gasteiger partial charge in [0.25, 0.3) is 10.0 Å². The fourth-order valence-corrected chi connectivity index (χ4v) is 5.00. The Kier molecular flexibility index (Phi) is 7.00. The van der Waals surface area contributed by atoms with Crippen LogP contribution in [0, 0.1) is 22.6 Å². The van der Waals surface area contributed by atoms with Crippen molar-refractivity contribution in [2.75, 3.05) is 7.05 Å². The number of rotatable bonds is 5. The summed E-state index contributed by atoms with van der Waals surface area (Å²) in [6.07, 6.45) is 0.498. The maximum absolute atomic E-state index is 16.0. The number of carbonyl (C=O) groups is 1. The number of aromatic nitrogens is 2. The van der Waals surface area contributed by atoms with Gasteiger partial charge >= 0.3 is 6.09 Å². The lowest BCUT2D eigenvalue weighted by atomic mass is 9.85. The number of hydrogen-bond acceptors (Lipinski definition) is 6. The van der Waals surface area contributed by atoms with E-state index >= 15 is 4.39 Å². The molecule has 0 radical (unpaired) electrons. The summed E-state index contributed by atoms with van der Waals surface area (Å²) in [6.45, 7) is 5.16. The van der Waals surface area contributed by atoms with Crippen LogP contribution in [-0.4, -0.2) is 30.5 Å². The minimum absolute atomic E-state index is 0.0283. The maximum Gasteiger partial charge on any atom is 0.407 e. The lowest BCUT2D eigenvalue weighted by Crippen LogP contribution is -2.29. The molecule has 1 amide bonds. The zero-order valence-corrected chi connectivity index (χ0v) is 20.4. The highest BCUT2D eigenvalue weighted by atomic mass is 35.5. The molecular formula is C23H22ClFN4O4S. The summed E-state index contributed by atoms with van der Waals surface area (Å²) in [5.41, 5.74) is -1.19. The van der Waals surface area contributed by atoms with Crippen molar-refractivity contribution in [3.8, 4) is 17.3 Å². The predicted molar refractivity (Wildman–Crippen MR) is 124 cm³/mol. The highest BCUT2D eigenvalue weighted by Gasteiger charge is 2.37. The number of nitriles is 1. The fourth-order valence-electron chi connectivity index (χ4n) is 3.37. The first-order valence-electron chi connectivity index (χ1n) is 10.1. The monoisotopic (exact) mass is 504 g/mol. The summed E-state index contributed by atoms with van der Waals surface area (Å²) in [5, 5.41) is 11.4. The van der Waals surface area contributed by atoms with Gasteiger partial charge < -0.3 is 10.1 Å². The minimum Gasteiger partial charge on any atom is -0.441 e. The quantitative estimate of drug-likeness (QED) is 0.494. The molecular weight excluding hydrogens is 483 g/mol. The van der Waals surface area contributed by atoms with Crippen molar-refractivity contribution in [2.24, 2.45) is 5.41 Å². The standard InChI is InChI=1S/C23H22ClFN4O4S/c1-23(2,3)20(33-22(30)27-4)17-13-29(19(18(17)25)16-9-6-10-28-21(16)24)34(31,32)15-8-5-7-14(11-15)12-26/h5-11,13,20H,1-4H3,(H,27,30). The molecule has 2 aromatic heterocycles. The normalized spacial score (nSPS) is 12.6. The number of pyridine rings is 1. The van der Waals surface area contributed by atoms with Gasteiger partial charge in [0, 0.05) is 36.0 Å². The number of halogens is 2. The number of alkyl carbamates (subject to hydrolysis) is 1. The Morgan fingerprint density at radius 3 is 2.59 bits per heavy atom. The Bertz CT molecular complexity index is 1390. The Balaban J connectivity index is 2.36. The van der Waals surface area contributed by atoms with Crippen molar-refractivity contribution in [3.05, 3.63) is 70.9 Å². The number of ether oxygens (including phenoxy) is 1. The van der Waals surface area contributed by atoms with Crippen molar-refractivity contribution in [1.82, 2.24) is 14.3 Å². The average Bonchev–Trinajstić information content (AvgIpc) is 3.14. The SMILES string of the molecule is CNC(=O)OC(c1cn(S(=O)(=O)c2cccc(C#N)c2)c(-c2cccnc2Cl)c1F)C(C)(C)C. The first kappa shape index (κ1) is 25.2. The first-order chi connectivity index (χ1) is 15.9. The molecule has 3 aromatic rings. The van der Waals surface area contributed by atoms with Crippen molar-refractivity contribution >= 4 is 27.7 Å². The van der Waals surface area contributed by atoms with Crippen LogP contribution in [0.1, 0.15) is 38.0 Å². The number of benzene rings is 1. The Morgan fingerprint density at radius 2 is 2.00 bits per heavy atom. The van der Waals surface area contributed by atoms with Gasteiger partial charge in [-0.3, -0.25) is 0 Å². The van der Waals surface area contributed by atoms with E-state index in [4.69, 9.17) is 16.3 Å². The zero-order chi connectivity index (χ0) is 25.3. The van der Waals surface area contributed by atoms with Gasteiger partial charge in [-0.2, -0.15) is 5.26 Å². The van der Waals surface area contributed by atoms with Gasteiger partial charge in [-0.25, -0.2) is 26.6 Å². The number of hydrogen-bond donors (Lipinski definition) is 1. The topological polar surface area (TPSA) is 114 Å². The van der Waals surface area contributed by atoms with Crippen LogP contribution in [0.3, 0.4) is 0 Å². The zero-order valence-electron chi connectivity index (χ0n) is 18.8. The average molecular weight is 505 g/mol. The Labute approximate surface area is 202 Å². The molecule has 0 aliphatic rings. The smallest absolute Gasteiger partial charge is 0.407 e. The van der Waals surface area contributed by atoms with Crippen LogP contribution in [0.15, 0.2) is 53.7 Å². The highest BCUT2D eigenvalue weighted by molar-refractivity contribution is 7.90. The van der Waals surface area contributed by atoms with Crippen molar-refractivity contribution in [3.63, 3.8) is 0 Å². The molecule has 0 spiro atoms. The van der Waals surface area contributed by atoms with Crippen LogP contribution in [0.25, 0.3) is 11.3 Å². The van der Waals surface area contributed by atoms with Gasteiger partial charge in [-0.05, 0) is 30.3 Å². The maximum atomic E-state index is 16.0. The molecule has 0 aliphatic carbocycles. The van der Waals surface area contributed by atoms with Gasteiger partial charge in [0.2, 0.25) is 0 Å². The molecule has 0 bridgehead atoms. The second-order valence-corrected chi connectivity index (χ2v) is 10.6. The Morgan fingerprint density at radius 1 is 1.29 bits per heavy atom. The molecule has 34 heavy (non-hydrogen) atoms. The lowest BCUT2D eigenvalue weighted by Gasteiger charge is -2.29. The van der Waals surface area contributed by atoms with Gasteiger partial charge in [0.05, 0.1) is 16.5 Å². The minimum atomic E-state index is -4.40. The number of nitrogens with one attached hydrogen (secondary N) is 1. The van der Waals surface area contributed by atoms with Crippen molar-refractivity contribution in [2.45, 2.75) is 31.8 Å². The van der Waals surface area contributed by atoms with Gasteiger partial charge in [-0.15, -0.1) is 0 Å². The molecule has 0 saturated carbocycles.